The van der Waals surface area contributed by atoms with Crippen LogP contribution in [-0.4, -0.2) is 33.5 Å². The van der Waals surface area contributed by atoms with E-state index < -0.39 is 0 Å². The van der Waals surface area contributed by atoms with Gasteiger partial charge >= 0.3 is 0 Å². The Morgan fingerprint density at radius 3 is 2.94 bits per heavy atom. The first-order valence-electron chi connectivity index (χ1n) is 6.13. The number of alkyl halides is 1. The second-order valence-electron chi connectivity index (χ2n) is 4.63. The highest BCUT2D eigenvalue weighted by Gasteiger charge is 2.55. The molecule has 2 aliphatic rings. The van der Waals surface area contributed by atoms with E-state index in [1.165, 1.54) is 5.56 Å². The predicted molar refractivity (Wildman–Crippen MR) is 79.2 cm³/mol. The maximum Gasteiger partial charge on any atom is 0.174 e. The Labute approximate surface area is 117 Å². The van der Waals surface area contributed by atoms with Crippen LogP contribution in [0.3, 0.4) is 0 Å². The van der Waals surface area contributed by atoms with Crippen molar-refractivity contribution in [3.63, 3.8) is 0 Å². The maximum atomic E-state index is 6.08. The van der Waals surface area contributed by atoms with Crippen LogP contribution in [-0.2, 0) is 20.8 Å². The molecule has 0 bridgehead atoms. The third-order valence-corrected chi connectivity index (χ3v) is 6.79. The summed E-state index contributed by atoms with van der Waals surface area (Å²) in [6, 6.07) is 10.3. The fourth-order valence-corrected chi connectivity index (χ4v) is 4.74. The summed E-state index contributed by atoms with van der Waals surface area (Å²) in [7, 11) is 0. The Morgan fingerprint density at radius 1 is 1.33 bits per heavy atom. The molecule has 2 saturated heterocycles. The quantitative estimate of drug-likeness (QED) is 0.610. The van der Waals surface area contributed by atoms with Crippen LogP contribution in [0, 0.1) is 0 Å². The Morgan fingerprint density at radius 2 is 2.17 bits per heavy atom. The molecule has 4 heteroatoms. The average Bonchev–Trinajstić information content (AvgIpc) is 2.96. The Kier molecular flexibility index (Phi) is 3.79. The number of fused-ring (bicyclic) bond motifs is 1. The molecule has 0 amide bonds. The summed E-state index contributed by atoms with van der Waals surface area (Å²) in [5.74, 6) is 0. The zero-order valence-electron chi connectivity index (χ0n) is 10.2. The molecule has 18 heavy (non-hydrogen) atoms. The molecule has 1 aromatic carbocycles. The molecule has 3 atom stereocenters. The molecule has 98 valence electrons. The topological polar surface area (TPSA) is 27.7 Å². The van der Waals surface area contributed by atoms with Crippen molar-refractivity contribution in [3.8, 4) is 0 Å². The van der Waals surface area contributed by atoms with Gasteiger partial charge in [0.05, 0.1) is 23.2 Å². The number of halogens is 1. The van der Waals surface area contributed by atoms with Gasteiger partial charge in [0.2, 0.25) is 0 Å². The molecular weight excluding hydrogens is 343 g/mol. The van der Waals surface area contributed by atoms with Gasteiger partial charge in [0.25, 0.3) is 0 Å². The van der Waals surface area contributed by atoms with Crippen molar-refractivity contribution in [3.05, 3.63) is 35.9 Å². The van der Waals surface area contributed by atoms with Gasteiger partial charge < -0.3 is 14.2 Å². The molecule has 0 N–H and O–H groups in total. The van der Waals surface area contributed by atoms with E-state index in [0.717, 1.165) is 13.0 Å². The van der Waals surface area contributed by atoms with Crippen molar-refractivity contribution < 1.29 is 14.2 Å². The molecule has 0 aromatic heterocycles. The third kappa shape index (κ3) is 2.15. The van der Waals surface area contributed by atoms with E-state index in [9.17, 15) is 0 Å². The van der Waals surface area contributed by atoms with E-state index in [2.05, 4.69) is 16.6 Å². The van der Waals surface area contributed by atoms with Gasteiger partial charge in [-0.15, -0.1) is 20.7 Å². The molecule has 1 aromatic rings. The fourth-order valence-electron chi connectivity index (χ4n) is 2.57. The van der Waals surface area contributed by atoms with Crippen LogP contribution >= 0.6 is 20.7 Å². The van der Waals surface area contributed by atoms with Crippen molar-refractivity contribution >= 4 is 25.2 Å². The van der Waals surface area contributed by atoms with Gasteiger partial charge in [-0.1, -0.05) is 34.8 Å². The Bertz CT molecular complexity index is 422. The number of hydrogen-bond acceptors (Lipinski definition) is 3. The van der Waals surface area contributed by atoms with Gasteiger partial charge in [-0.2, -0.15) is 0 Å². The smallest absolute Gasteiger partial charge is 0.174 e. The summed E-state index contributed by atoms with van der Waals surface area (Å²) in [4.78, 5) is 0. The summed E-state index contributed by atoms with van der Waals surface area (Å²) in [6.07, 6.45) is 1.12. The summed E-state index contributed by atoms with van der Waals surface area (Å²) in [5.41, 5.74) is 1.21. The molecular formula is C14H17IO3. The number of rotatable bonds is 4. The van der Waals surface area contributed by atoms with Gasteiger partial charge in [-0.3, -0.25) is 0 Å². The molecule has 0 spiro atoms. The first-order chi connectivity index (χ1) is 8.85. The van der Waals surface area contributed by atoms with Crippen LogP contribution in [0.15, 0.2) is 30.3 Å². The molecule has 0 unspecified atom stereocenters. The first-order valence-corrected chi connectivity index (χ1v) is 8.74. The van der Waals surface area contributed by atoms with Crippen LogP contribution in [0.25, 0.3) is 0 Å². The van der Waals surface area contributed by atoms with Gasteiger partial charge in [0.1, 0.15) is 6.10 Å². The predicted octanol–water partition coefficient (Wildman–Crippen LogP) is 2.49. The first kappa shape index (κ1) is 12.7. The average molecular weight is 360 g/mol. The van der Waals surface area contributed by atoms with Crippen molar-refractivity contribution in [1.82, 2.24) is 0 Å². The maximum absolute atomic E-state index is 6.08. The number of hydrogen-bond donors (Lipinski definition) is 0. The lowest BCUT2D eigenvalue weighted by molar-refractivity contribution is -0.0862. The van der Waals surface area contributed by atoms with Gasteiger partial charge in [-0.05, 0) is 12.0 Å². The normalized spacial score (nSPS) is 34.7. The minimum absolute atomic E-state index is 0.0661. The molecule has 2 fully saturated rings. The number of ether oxygens (including phenoxy) is 3. The molecule has 2 heterocycles. The summed E-state index contributed by atoms with van der Waals surface area (Å²) in [6.45, 7) is 2.07. The summed E-state index contributed by atoms with van der Waals surface area (Å²) in [5, 5.41) is 0. The van der Waals surface area contributed by atoms with Gasteiger partial charge in [0.15, 0.2) is 6.29 Å². The molecule has 0 aliphatic carbocycles. The van der Waals surface area contributed by atoms with Crippen LogP contribution in [0.4, 0.5) is 0 Å². The SMILES string of the molecule is C=I[C@]12CCO[C@H]1OC[C@@H]2OCc1ccccc1. The lowest BCUT2D eigenvalue weighted by atomic mass is 10.0. The lowest BCUT2D eigenvalue weighted by Crippen LogP contribution is -2.39. The highest BCUT2D eigenvalue weighted by atomic mass is 127. The van der Waals surface area contributed by atoms with Gasteiger partial charge in [-0.25, -0.2) is 0 Å². The molecule has 3 rings (SSSR count). The zero-order valence-corrected chi connectivity index (χ0v) is 12.3. The fraction of sp³-hybridized carbons (Fsp3) is 0.500. The van der Waals surface area contributed by atoms with E-state index in [1.54, 1.807) is 0 Å². The molecule has 0 radical (unpaired) electrons. The van der Waals surface area contributed by atoms with Crippen LogP contribution in [0.5, 0.6) is 0 Å². The van der Waals surface area contributed by atoms with Crippen molar-refractivity contribution in [2.75, 3.05) is 13.2 Å². The second kappa shape index (κ2) is 5.36. The lowest BCUT2D eigenvalue weighted by Gasteiger charge is -2.27. The zero-order chi connectivity index (χ0) is 12.4. The highest BCUT2D eigenvalue weighted by molar-refractivity contribution is 14.2. The highest BCUT2D eigenvalue weighted by Crippen LogP contribution is 2.47. The van der Waals surface area contributed by atoms with Crippen molar-refractivity contribution in [1.29, 1.82) is 0 Å². The van der Waals surface area contributed by atoms with E-state index >= 15 is 0 Å². The largest absolute Gasteiger partial charge is 0.370 e. The van der Waals surface area contributed by atoms with Gasteiger partial charge in [0, 0.05) is 0 Å². The van der Waals surface area contributed by atoms with E-state index in [4.69, 9.17) is 14.2 Å². The minimum Gasteiger partial charge on any atom is -0.370 e. The Balaban J connectivity index is 1.68. The summed E-state index contributed by atoms with van der Waals surface area (Å²) >= 11 is -0.208. The molecule has 2 aliphatic heterocycles. The van der Waals surface area contributed by atoms with Crippen LogP contribution in [0.1, 0.15) is 12.0 Å². The van der Waals surface area contributed by atoms with Crippen LogP contribution in [0.2, 0.25) is 0 Å². The molecule has 0 saturated carbocycles. The van der Waals surface area contributed by atoms with Crippen LogP contribution < -0.4 is 0 Å². The van der Waals surface area contributed by atoms with E-state index in [-0.39, 0.29) is 36.5 Å². The van der Waals surface area contributed by atoms with E-state index in [0.29, 0.717) is 13.2 Å². The Hall–Kier alpha value is -0.300. The summed E-state index contributed by atoms with van der Waals surface area (Å²) < 4.78 is 21.7. The standard InChI is InChI=1S/C14H17IO3/c1-15-14-7-8-16-13(14)18-10-12(14)17-9-11-5-3-2-4-6-11/h2-6,12-13H,1,7-10H2/t12-,13-,14-/m0/s1. The minimum atomic E-state index is -0.208. The number of benzene rings is 1. The molecule has 3 nitrogen and oxygen atoms in total. The monoisotopic (exact) mass is 360 g/mol. The van der Waals surface area contributed by atoms with Crippen molar-refractivity contribution in [2.24, 2.45) is 0 Å². The van der Waals surface area contributed by atoms with E-state index in [1.807, 2.05) is 18.2 Å². The third-order valence-electron chi connectivity index (χ3n) is 3.62. The van der Waals surface area contributed by atoms with Crippen molar-refractivity contribution in [2.45, 2.75) is 28.8 Å². The second-order valence-corrected chi connectivity index (χ2v) is 7.40.